The van der Waals surface area contributed by atoms with Gasteiger partial charge in [-0.05, 0) is 71.1 Å². The van der Waals surface area contributed by atoms with Crippen LogP contribution in [0.4, 0.5) is 0 Å². The second-order valence-electron chi connectivity index (χ2n) is 5.95. The Balaban J connectivity index is 5.28. The van der Waals surface area contributed by atoms with E-state index in [-0.39, 0.29) is 5.60 Å². The van der Waals surface area contributed by atoms with Crippen molar-refractivity contribution in [1.82, 2.24) is 0 Å². The molecule has 140 valence electrons. The van der Waals surface area contributed by atoms with Gasteiger partial charge in [-0.25, -0.2) is 0 Å². The highest BCUT2D eigenvalue weighted by Crippen LogP contribution is 2.34. The SMILES string of the molecule is CO[Si](CCCN)(OC)OC(CCCN)(CCCN)CCCN. The fourth-order valence-electron chi connectivity index (χ4n) is 2.87. The number of nitrogens with two attached hydrogens (primary N) is 4. The third-order valence-corrected chi connectivity index (χ3v) is 7.14. The Hall–Kier alpha value is -0.0631. The summed E-state index contributed by atoms with van der Waals surface area (Å²) in [5.41, 5.74) is 22.5. The van der Waals surface area contributed by atoms with Crippen LogP contribution in [0.5, 0.6) is 0 Å². The van der Waals surface area contributed by atoms with Crippen LogP contribution in [-0.4, -0.2) is 54.8 Å². The predicted octanol–water partition coefficient (Wildman–Crippen LogP) is 0.539. The van der Waals surface area contributed by atoms with Crippen molar-refractivity contribution in [3.05, 3.63) is 0 Å². The molecule has 0 aliphatic rings. The normalized spacial score (nSPS) is 12.8. The maximum absolute atomic E-state index is 6.60. The van der Waals surface area contributed by atoms with E-state index in [9.17, 15) is 0 Å². The van der Waals surface area contributed by atoms with E-state index in [2.05, 4.69) is 0 Å². The molecule has 0 heterocycles. The summed E-state index contributed by atoms with van der Waals surface area (Å²) in [7, 11) is 0.565. The maximum Gasteiger partial charge on any atom is 0.500 e. The Bertz CT molecular complexity index is 260. The first-order valence-electron chi connectivity index (χ1n) is 8.68. The molecule has 0 saturated heterocycles. The Kier molecular flexibility index (Phi) is 13.2. The van der Waals surface area contributed by atoms with Crippen molar-refractivity contribution in [2.24, 2.45) is 22.9 Å². The third kappa shape index (κ3) is 8.55. The van der Waals surface area contributed by atoms with E-state index in [1.54, 1.807) is 14.2 Å². The van der Waals surface area contributed by atoms with Gasteiger partial charge in [0.25, 0.3) is 0 Å². The van der Waals surface area contributed by atoms with Gasteiger partial charge in [-0.1, -0.05) is 0 Å². The summed E-state index contributed by atoms with van der Waals surface area (Å²) in [6, 6.07) is 0.714. The maximum atomic E-state index is 6.60. The van der Waals surface area contributed by atoms with Crippen molar-refractivity contribution in [3.63, 3.8) is 0 Å². The molecule has 8 N–H and O–H groups in total. The first-order valence-corrected chi connectivity index (χ1v) is 10.6. The molecule has 0 fully saturated rings. The van der Waals surface area contributed by atoms with Crippen molar-refractivity contribution < 1.29 is 13.3 Å². The Morgan fingerprint density at radius 3 is 1.39 bits per heavy atom. The first kappa shape index (κ1) is 22.9. The second kappa shape index (κ2) is 13.3. The molecule has 0 bridgehead atoms. The van der Waals surface area contributed by atoms with Gasteiger partial charge in [0.2, 0.25) is 0 Å². The van der Waals surface area contributed by atoms with E-state index < -0.39 is 8.80 Å². The summed E-state index contributed by atoms with van der Waals surface area (Å²) in [6.07, 6.45) is 6.10. The fraction of sp³-hybridized carbons (Fsp3) is 1.00. The molecule has 0 rings (SSSR count). The molecule has 0 aliphatic carbocycles. The molecule has 0 amide bonds. The molecule has 0 aromatic heterocycles. The minimum atomic E-state index is -2.75. The molecule has 7 nitrogen and oxygen atoms in total. The monoisotopic (exact) mass is 350 g/mol. The minimum absolute atomic E-state index is 0.328. The summed E-state index contributed by atoms with van der Waals surface area (Å²) in [4.78, 5) is 0. The molecule has 0 atom stereocenters. The zero-order chi connectivity index (χ0) is 17.6. The first-order chi connectivity index (χ1) is 11.1. The average Bonchev–Trinajstić information content (AvgIpc) is 2.59. The third-order valence-electron chi connectivity index (χ3n) is 4.19. The molecule has 0 radical (unpaired) electrons. The molecule has 0 spiro atoms. The highest BCUT2D eigenvalue weighted by Gasteiger charge is 2.46. The van der Waals surface area contributed by atoms with Gasteiger partial charge >= 0.3 is 8.80 Å². The van der Waals surface area contributed by atoms with Gasteiger partial charge in [-0.15, -0.1) is 0 Å². The molecule has 0 saturated carbocycles. The Labute approximate surface area is 142 Å². The molecule has 0 aromatic carbocycles. The molecule has 23 heavy (non-hydrogen) atoms. The lowest BCUT2D eigenvalue weighted by Crippen LogP contribution is -2.52. The van der Waals surface area contributed by atoms with Crippen LogP contribution in [0.25, 0.3) is 0 Å². The van der Waals surface area contributed by atoms with Crippen molar-refractivity contribution in [2.75, 3.05) is 40.4 Å². The lowest BCUT2D eigenvalue weighted by atomic mass is 9.87. The van der Waals surface area contributed by atoms with Crippen LogP contribution in [0.1, 0.15) is 44.9 Å². The van der Waals surface area contributed by atoms with Crippen molar-refractivity contribution in [2.45, 2.75) is 56.6 Å². The molecule has 0 unspecified atom stereocenters. The summed E-state index contributed by atoms with van der Waals surface area (Å²) >= 11 is 0. The second-order valence-corrected chi connectivity index (χ2v) is 8.83. The van der Waals surface area contributed by atoms with Crippen LogP contribution in [-0.2, 0) is 13.3 Å². The number of hydrogen-bond acceptors (Lipinski definition) is 7. The van der Waals surface area contributed by atoms with E-state index in [0.29, 0.717) is 32.2 Å². The smallest absolute Gasteiger partial charge is 0.377 e. The lowest BCUT2D eigenvalue weighted by Gasteiger charge is -2.41. The summed E-state index contributed by atoms with van der Waals surface area (Å²) in [5, 5.41) is 0. The number of hydrogen-bond donors (Lipinski definition) is 4. The zero-order valence-corrected chi connectivity index (χ0v) is 16.0. The summed E-state index contributed by atoms with van der Waals surface area (Å²) in [6.45, 7) is 2.49. The molecule has 0 aromatic rings. The van der Waals surface area contributed by atoms with E-state index in [0.717, 1.165) is 44.9 Å². The highest BCUT2D eigenvalue weighted by atomic mass is 28.4. The van der Waals surface area contributed by atoms with Gasteiger partial charge in [-0.3, -0.25) is 0 Å². The molecular formula is C15H38N4O3Si. The van der Waals surface area contributed by atoms with Crippen LogP contribution in [0.3, 0.4) is 0 Å². The van der Waals surface area contributed by atoms with E-state index in [1.807, 2.05) is 0 Å². The van der Waals surface area contributed by atoms with Gasteiger partial charge in [0.15, 0.2) is 0 Å². The highest BCUT2D eigenvalue weighted by molar-refractivity contribution is 6.60. The summed E-state index contributed by atoms with van der Waals surface area (Å²) < 4.78 is 18.1. The zero-order valence-electron chi connectivity index (χ0n) is 15.0. The quantitative estimate of drug-likeness (QED) is 0.299. The van der Waals surface area contributed by atoms with Crippen molar-refractivity contribution in [3.8, 4) is 0 Å². The van der Waals surface area contributed by atoms with Crippen molar-refractivity contribution >= 4 is 8.80 Å². The van der Waals surface area contributed by atoms with E-state index in [4.69, 9.17) is 36.2 Å². The molecule has 8 heteroatoms. The van der Waals surface area contributed by atoms with E-state index >= 15 is 0 Å². The van der Waals surface area contributed by atoms with Gasteiger partial charge in [0, 0.05) is 20.3 Å². The van der Waals surface area contributed by atoms with Gasteiger partial charge in [-0.2, -0.15) is 0 Å². The summed E-state index contributed by atoms with van der Waals surface area (Å²) in [5.74, 6) is 0. The van der Waals surface area contributed by atoms with Gasteiger partial charge in [0.1, 0.15) is 0 Å². The van der Waals surface area contributed by atoms with Gasteiger partial charge in [0.05, 0.1) is 5.60 Å². The predicted molar refractivity (Wildman–Crippen MR) is 96.9 cm³/mol. The van der Waals surface area contributed by atoms with Crippen LogP contribution in [0, 0.1) is 0 Å². The van der Waals surface area contributed by atoms with Crippen LogP contribution >= 0.6 is 0 Å². The van der Waals surface area contributed by atoms with Crippen molar-refractivity contribution in [1.29, 1.82) is 0 Å². The number of rotatable bonds is 16. The standard InChI is InChI=1S/C15H38N4O3Si/c1-20-23(21-2,14-6-13-19)22-15(7-3-10-16,8-4-11-17)9-5-12-18/h3-14,16-19H2,1-2H3. The minimum Gasteiger partial charge on any atom is -0.377 e. The fourth-order valence-corrected chi connectivity index (χ4v) is 5.32. The van der Waals surface area contributed by atoms with Crippen LogP contribution in [0.15, 0.2) is 0 Å². The van der Waals surface area contributed by atoms with Gasteiger partial charge < -0.3 is 36.2 Å². The largest absolute Gasteiger partial charge is 0.500 e. The lowest BCUT2D eigenvalue weighted by molar-refractivity contribution is -0.0368. The molecule has 0 aliphatic heterocycles. The van der Waals surface area contributed by atoms with E-state index in [1.165, 1.54) is 0 Å². The topological polar surface area (TPSA) is 132 Å². The Morgan fingerprint density at radius 1 is 0.696 bits per heavy atom. The van der Waals surface area contributed by atoms with Crippen LogP contribution in [0.2, 0.25) is 6.04 Å². The Morgan fingerprint density at radius 2 is 1.09 bits per heavy atom. The molecular weight excluding hydrogens is 312 g/mol. The average molecular weight is 351 g/mol. The van der Waals surface area contributed by atoms with Crippen LogP contribution < -0.4 is 22.9 Å².